The Balaban J connectivity index is 0.000000943. The number of carbonyl (C=O) groups is 4. The smallest absolute Gasteiger partial charge is 0.322 e. The molecule has 6 rings (SSSR count). The molecule has 266 valence electrons. The molecule has 4 aromatic carbocycles. The van der Waals surface area contributed by atoms with Crippen LogP contribution in [-0.2, 0) is 14.9 Å². The highest BCUT2D eigenvalue weighted by atomic mass is 32.2. The SMILES string of the molecule is CS(=O)(=O)O.Cc1ccc(-c2ccccc2C(=O)Nc2ccc(C(=O)N3CC(C)C(=O)N(C(=O)N4CCN(C)CC4)c4ccccc43)cc2)cc1. The summed E-state index contributed by atoms with van der Waals surface area (Å²) in [6.45, 7) is 6.39. The number of fused-ring (bicyclic) bond motifs is 1. The van der Waals surface area contributed by atoms with Gasteiger partial charge in [-0.2, -0.15) is 8.42 Å². The lowest BCUT2D eigenvalue weighted by Crippen LogP contribution is -2.54. The van der Waals surface area contributed by atoms with Crippen molar-refractivity contribution in [1.29, 1.82) is 0 Å². The molecule has 1 fully saturated rings. The zero-order valence-electron chi connectivity index (χ0n) is 28.9. The van der Waals surface area contributed by atoms with Crippen LogP contribution in [-0.4, -0.2) is 92.6 Å². The minimum absolute atomic E-state index is 0.121. The summed E-state index contributed by atoms with van der Waals surface area (Å²) in [6, 6.07) is 28.9. The van der Waals surface area contributed by atoms with Gasteiger partial charge in [0.15, 0.2) is 0 Å². The number of anilines is 3. The number of amides is 5. The Morgan fingerprint density at radius 1 is 0.804 bits per heavy atom. The molecular formula is C38H41N5O7S. The molecule has 2 aliphatic rings. The normalized spacial score (nSPS) is 16.4. The summed E-state index contributed by atoms with van der Waals surface area (Å²) in [4.78, 5) is 61.3. The lowest BCUT2D eigenvalue weighted by molar-refractivity contribution is -0.120. The monoisotopic (exact) mass is 711 g/mol. The third-order valence-electron chi connectivity index (χ3n) is 8.65. The fraction of sp³-hybridized carbons (Fsp3) is 0.263. The second-order valence-corrected chi connectivity index (χ2v) is 14.2. The number of nitrogens with zero attached hydrogens (tertiary/aromatic N) is 4. The molecule has 5 amide bonds. The van der Waals surface area contributed by atoms with E-state index in [4.69, 9.17) is 4.55 Å². The maximum absolute atomic E-state index is 14.0. The van der Waals surface area contributed by atoms with Crippen LogP contribution in [0.25, 0.3) is 11.1 Å². The van der Waals surface area contributed by atoms with Crippen molar-refractivity contribution in [1.82, 2.24) is 9.80 Å². The van der Waals surface area contributed by atoms with Crippen LogP contribution in [0.15, 0.2) is 97.1 Å². The van der Waals surface area contributed by atoms with Crippen LogP contribution in [0.3, 0.4) is 0 Å². The molecule has 12 nitrogen and oxygen atoms in total. The van der Waals surface area contributed by atoms with Crippen LogP contribution >= 0.6 is 0 Å². The van der Waals surface area contributed by atoms with E-state index >= 15 is 0 Å². The molecule has 1 saturated heterocycles. The molecule has 2 heterocycles. The summed E-state index contributed by atoms with van der Waals surface area (Å²) in [5.41, 5.74) is 5.30. The molecule has 4 aromatic rings. The van der Waals surface area contributed by atoms with Crippen molar-refractivity contribution in [3.05, 3.63) is 114 Å². The highest BCUT2D eigenvalue weighted by molar-refractivity contribution is 7.85. The van der Waals surface area contributed by atoms with Gasteiger partial charge in [0.1, 0.15) is 0 Å². The minimum Gasteiger partial charge on any atom is -0.322 e. The van der Waals surface area contributed by atoms with Crippen molar-refractivity contribution in [3.63, 3.8) is 0 Å². The number of para-hydroxylation sites is 2. The number of carbonyl (C=O) groups excluding carboxylic acids is 4. The van der Waals surface area contributed by atoms with Crippen LogP contribution in [0.5, 0.6) is 0 Å². The summed E-state index contributed by atoms with van der Waals surface area (Å²) in [5, 5.41) is 2.96. The molecule has 1 unspecified atom stereocenters. The Bertz CT molecular complexity index is 2020. The zero-order chi connectivity index (χ0) is 36.9. The molecular weight excluding hydrogens is 671 g/mol. The maximum Gasteiger partial charge on any atom is 0.331 e. The Morgan fingerprint density at radius 3 is 2.00 bits per heavy atom. The van der Waals surface area contributed by atoms with E-state index in [-0.39, 0.29) is 30.3 Å². The highest BCUT2D eigenvalue weighted by Gasteiger charge is 2.39. The van der Waals surface area contributed by atoms with Gasteiger partial charge in [-0.15, -0.1) is 0 Å². The van der Waals surface area contributed by atoms with Crippen LogP contribution in [0.2, 0.25) is 0 Å². The summed E-state index contributed by atoms with van der Waals surface area (Å²) in [6.07, 6.45) is 0.715. The largest absolute Gasteiger partial charge is 0.331 e. The van der Waals surface area contributed by atoms with Gasteiger partial charge in [0, 0.05) is 49.5 Å². The standard InChI is InChI=1S/C37H37N5O4.CH4O3S/c1-25-12-14-27(15-13-25)30-8-4-5-9-31(30)34(43)38-29-18-16-28(17-19-29)36(45)41-24-26(2)35(44)42(33-11-7-6-10-32(33)41)37(46)40-22-20-39(3)21-23-40;1-5(2,3)4/h4-19,26H,20-24H2,1-3H3,(H,38,43);1H3,(H,2,3,4). The number of benzene rings is 4. The molecule has 1 atom stereocenters. The quantitative estimate of drug-likeness (QED) is 0.267. The number of imide groups is 1. The van der Waals surface area contributed by atoms with Crippen molar-refractivity contribution >= 4 is 50.9 Å². The van der Waals surface area contributed by atoms with Gasteiger partial charge in [-0.3, -0.25) is 18.9 Å². The van der Waals surface area contributed by atoms with Crippen molar-refractivity contribution in [3.8, 4) is 11.1 Å². The zero-order valence-corrected chi connectivity index (χ0v) is 29.8. The Kier molecular flexibility index (Phi) is 11.3. The van der Waals surface area contributed by atoms with Gasteiger partial charge in [0.2, 0.25) is 5.91 Å². The van der Waals surface area contributed by atoms with Gasteiger partial charge < -0.3 is 20.0 Å². The fourth-order valence-electron chi connectivity index (χ4n) is 5.92. The first-order valence-electron chi connectivity index (χ1n) is 16.4. The molecule has 0 bridgehead atoms. The number of hydrogen-bond acceptors (Lipinski definition) is 7. The summed E-state index contributed by atoms with van der Waals surface area (Å²) in [7, 11) is -1.66. The van der Waals surface area contributed by atoms with E-state index in [2.05, 4.69) is 10.2 Å². The Labute approximate surface area is 298 Å². The van der Waals surface area contributed by atoms with E-state index < -0.39 is 16.0 Å². The Hall–Kier alpha value is -5.37. The fourth-order valence-corrected chi connectivity index (χ4v) is 5.92. The van der Waals surface area contributed by atoms with Crippen LogP contribution < -0.4 is 15.1 Å². The second-order valence-electron chi connectivity index (χ2n) is 12.7. The Morgan fingerprint density at radius 2 is 1.37 bits per heavy atom. The highest BCUT2D eigenvalue weighted by Crippen LogP contribution is 2.36. The molecule has 13 heteroatoms. The van der Waals surface area contributed by atoms with Crippen molar-refractivity contribution < 1.29 is 32.1 Å². The summed E-state index contributed by atoms with van der Waals surface area (Å²) in [5.74, 6) is -1.51. The first kappa shape index (κ1) is 36.9. The first-order valence-corrected chi connectivity index (χ1v) is 18.3. The second kappa shape index (κ2) is 15.7. The van der Waals surface area contributed by atoms with E-state index in [0.717, 1.165) is 29.8 Å². The van der Waals surface area contributed by atoms with Gasteiger partial charge in [-0.1, -0.05) is 67.1 Å². The van der Waals surface area contributed by atoms with Crippen LogP contribution in [0.1, 0.15) is 33.2 Å². The number of hydrogen-bond donors (Lipinski definition) is 2. The average molecular weight is 712 g/mol. The maximum atomic E-state index is 14.0. The molecule has 0 radical (unpaired) electrons. The third kappa shape index (κ3) is 9.06. The van der Waals surface area contributed by atoms with E-state index in [9.17, 15) is 27.6 Å². The van der Waals surface area contributed by atoms with Gasteiger partial charge in [0.25, 0.3) is 21.9 Å². The number of nitrogens with one attached hydrogen (secondary N) is 1. The lowest BCUT2D eigenvalue weighted by Gasteiger charge is -2.35. The molecule has 0 saturated carbocycles. The average Bonchev–Trinajstić information content (AvgIpc) is 3.21. The summed E-state index contributed by atoms with van der Waals surface area (Å²) >= 11 is 0. The molecule has 2 N–H and O–H groups in total. The molecule has 0 aromatic heterocycles. The minimum atomic E-state index is -3.67. The predicted octanol–water partition coefficient (Wildman–Crippen LogP) is 5.42. The predicted molar refractivity (Wildman–Crippen MR) is 198 cm³/mol. The van der Waals surface area contributed by atoms with E-state index in [1.165, 1.54) is 4.90 Å². The van der Waals surface area contributed by atoms with E-state index in [1.54, 1.807) is 71.3 Å². The number of urea groups is 1. The first-order chi connectivity index (χ1) is 24.2. The van der Waals surface area contributed by atoms with Crippen molar-refractivity contribution in [2.75, 3.05) is 61.1 Å². The molecule has 2 aliphatic heterocycles. The van der Waals surface area contributed by atoms with Gasteiger partial charge in [-0.05, 0) is 67.6 Å². The molecule has 51 heavy (non-hydrogen) atoms. The number of piperazine rings is 1. The number of likely N-dealkylation sites (N-methyl/N-ethyl adjacent to an activating group) is 1. The van der Waals surface area contributed by atoms with Gasteiger partial charge in [-0.25, -0.2) is 9.69 Å². The van der Waals surface area contributed by atoms with Crippen molar-refractivity contribution in [2.24, 2.45) is 5.92 Å². The molecule has 0 spiro atoms. The topological polar surface area (TPSA) is 148 Å². The number of aryl methyl sites for hydroxylation is 1. The van der Waals surface area contributed by atoms with E-state index in [0.29, 0.717) is 47.5 Å². The van der Waals surface area contributed by atoms with Crippen molar-refractivity contribution in [2.45, 2.75) is 13.8 Å². The number of rotatable bonds is 4. The van der Waals surface area contributed by atoms with Gasteiger partial charge in [0.05, 0.1) is 23.5 Å². The van der Waals surface area contributed by atoms with E-state index in [1.807, 2.05) is 56.4 Å². The van der Waals surface area contributed by atoms with Gasteiger partial charge >= 0.3 is 6.03 Å². The van der Waals surface area contributed by atoms with Crippen LogP contribution in [0.4, 0.5) is 21.9 Å². The van der Waals surface area contributed by atoms with Crippen LogP contribution in [0, 0.1) is 12.8 Å². The third-order valence-corrected chi connectivity index (χ3v) is 8.65. The molecule has 0 aliphatic carbocycles. The lowest BCUT2D eigenvalue weighted by atomic mass is 9.98. The summed E-state index contributed by atoms with van der Waals surface area (Å²) < 4.78 is 25.9.